The Morgan fingerprint density at radius 2 is 1.82 bits per heavy atom. The minimum absolute atomic E-state index is 0.0150. The molecular weight excluding hydrogens is 438 g/mol. The number of likely N-dealkylation sites (tertiary alicyclic amines) is 1. The van der Waals surface area contributed by atoms with E-state index >= 15 is 0 Å². The zero-order chi connectivity index (χ0) is 20.1. The number of carbonyl (C=O) groups is 2. The van der Waals surface area contributed by atoms with Gasteiger partial charge in [0.05, 0.1) is 12.9 Å². The first-order chi connectivity index (χ1) is 13.5. The average molecular weight is 462 g/mol. The lowest BCUT2D eigenvalue weighted by molar-refractivity contribution is -0.129. The Labute approximate surface area is 178 Å². The van der Waals surface area contributed by atoms with Crippen molar-refractivity contribution in [3.05, 3.63) is 58.1 Å². The number of thioether (sulfide) groups is 1. The van der Waals surface area contributed by atoms with Crippen LogP contribution in [0.15, 0.2) is 51.8 Å². The number of aryl methyl sites for hydroxylation is 1. The molecular formula is C22H24BrNO3S. The van der Waals surface area contributed by atoms with Crippen molar-refractivity contribution in [1.82, 2.24) is 4.90 Å². The maximum atomic E-state index is 12.7. The molecule has 0 saturated carbocycles. The second kappa shape index (κ2) is 9.61. The zero-order valence-corrected chi connectivity index (χ0v) is 18.5. The number of hydrogen-bond acceptors (Lipinski definition) is 4. The highest BCUT2D eigenvalue weighted by Crippen LogP contribution is 2.27. The predicted octanol–water partition coefficient (Wildman–Crippen LogP) is 4.98. The summed E-state index contributed by atoms with van der Waals surface area (Å²) in [5.41, 5.74) is 1.88. The van der Waals surface area contributed by atoms with Crippen molar-refractivity contribution in [2.75, 3.05) is 26.0 Å². The van der Waals surface area contributed by atoms with Crippen LogP contribution in [0, 0.1) is 12.8 Å². The van der Waals surface area contributed by atoms with Gasteiger partial charge in [0.15, 0.2) is 5.78 Å². The molecule has 6 heteroatoms. The van der Waals surface area contributed by atoms with Gasteiger partial charge in [-0.15, -0.1) is 11.8 Å². The summed E-state index contributed by atoms with van der Waals surface area (Å²) >= 11 is 5.04. The summed E-state index contributed by atoms with van der Waals surface area (Å²) in [5.74, 6) is 1.46. The predicted molar refractivity (Wildman–Crippen MR) is 116 cm³/mol. The number of ketones is 1. The molecule has 1 fully saturated rings. The SMILES string of the molecule is COc1ccc(C(=O)C2CCN(C(=O)CSc3ccc(Br)cc3C)CC2)cc1. The van der Waals surface area contributed by atoms with Crippen LogP contribution >= 0.6 is 27.7 Å². The third kappa shape index (κ3) is 5.17. The van der Waals surface area contributed by atoms with Gasteiger partial charge in [-0.2, -0.15) is 0 Å². The molecule has 0 aromatic heterocycles. The molecule has 0 spiro atoms. The first kappa shape index (κ1) is 20.9. The second-order valence-corrected chi connectivity index (χ2v) is 8.88. The number of nitrogens with zero attached hydrogens (tertiary/aromatic N) is 1. The summed E-state index contributed by atoms with van der Waals surface area (Å²) < 4.78 is 6.19. The largest absolute Gasteiger partial charge is 0.497 e. The van der Waals surface area contributed by atoms with E-state index in [-0.39, 0.29) is 17.6 Å². The van der Waals surface area contributed by atoms with Crippen LogP contribution in [0.2, 0.25) is 0 Å². The highest BCUT2D eigenvalue weighted by atomic mass is 79.9. The zero-order valence-electron chi connectivity index (χ0n) is 16.1. The normalized spacial score (nSPS) is 14.8. The maximum Gasteiger partial charge on any atom is 0.232 e. The number of benzene rings is 2. The molecule has 0 bridgehead atoms. The van der Waals surface area contributed by atoms with Gasteiger partial charge in [-0.3, -0.25) is 9.59 Å². The lowest BCUT2D eigenvalue weighted by Gasteiger charge is -2.31. The van der Waals surface area contributed by atoms with Crippen LogP contribution in [-0.2, 0) is 4.79 Å². The highest BCUT2D eigenvalue weighted by molar-refractivity contribution is 9.10. The quantitative estimate of drug-likeness (QED) is 0.449. The number of ether oxygens (including phenoxy) is 1. The first-order valence-corrected chi connectivity index (χ1v) is 11.1. The lowest BCUT2D eigenvalue weighted by atomic mass is 9.89. The number of rotatable bonds is 6. The van der Waals surface area contributed by atoms with Crippen molar-refractivity contribution >= 4 is 39.4 Å². The average Bonchev–Trinajstić information content (AvgIpc) is 2.72. The smallest absolute Gasteiger partial charge is 0.232 e. The molecule has 28 heavy (non-hydrogen) atoms. The lowest BCUT2D eigenvalue weighted by Crippen LogP contribution is -2.41. The molecule has 1 aliphatic heterocycles. The standard InChI is InChI=1S/C22H24BrNO3S/c1-15-13-18(23)5-8-20(15)28-14-21(25)24-11-9-17(10-12-24)22(26)16-3-6-19(27-2)7-4-16/h3-8,13,17H,9-12,14H2,1-2H3. The Balaban J connectivity index is 1.49. The first-order valence-electron chi connectivity index (χ1n) is 9.33. The van der Waals surface area contributed by atoms with Crippen LogP contribution in [0.3, 0.4) is 0 Å². The number of piperidine rings is 1. The van der Waals surface area contributed by atoms with Gasteiger partial charge in [0.1, 0.15) is 5.75 Å². The fourth-order valence-electron chi connectivity index (χ4n) is 3.39. The Kier molecular flexibility index (Phi) is 7.18. The van der Waals surface area contributed by atoms with E-state index in [0.29, 0.717) is 24.4 Å². The minimum atomic E-state index is -0.0150. The van der Waals surface area contributed by atoms with Gasteiger partial charge >= 0.3 is 0 Å². The van der Waals surface area contributed by atoms with Crippen LogP contribution in [-0.4, -0.2) is 42.5 Å². The third-order valence-corrected chi connectivity index (χ3v) is 6.73. The van der Waals surface area contributed by atoms with Gasteiger partial charge in [-0.1, -0.05) is 15.9 Å². The van der Waals surface area contributed by atoms with Crippen molar-refractivity contribution in [1.29, 1.82) is 0 Å². The van der Waals surface area contributed by atoms with E-state index in [1.165, 1.54) is 0 Å². The fraction of sp³-hybridized carbons (Fsp3) is 0.364. The molecule has 2 aromatic rings. The number of amides is 1. The van der Waals surface area contributed by atoms with E-state index in [0.717, 1.165) is 33.5 Å². The van der Waals surface area contributed by atoms with Gasteiger partial charge in [-0.25, -0.2) is 0 Å². The number of hydrogen-bond donors (Lipinski definition) is 0. The fourth-order valence-corrected chi connectivity index (χ4v) is 4.78. The second-order valence-electron chi connectivity index (χ2n) is 6.95. The Bertz CT molecular complexity index is 845. The summed E-state index contributed by atoms with van der Waals surface area (Å²) in [7, 11) is 1.61. The van der Waals surface area contributed by atoms with Gasteiger partial charge in [-0.05, 0) is 67.8 Å². The van der Waals surface area contributed by atoms with E-state index in [9.17, 15) is 9.59 Å². The topological polar surface area (TPSA) is 46.6 Å². The molecule has 148 valence electrons. The van der Waals surface area contributed by atoms with Gasteiger partial charge in [0, 0.05) is 33.9 Å². The monoisotopic (exact) mass is 461 g/mol. The maximum absolute atomic E-state index is 12.7. The molecule has 4 nitrogen and oxygen atoms in total. The van der Waals surface area contributed by atoms with E-state index < -0.39 is 0 Å². The van der Waals surface area contributed by atoms with Crippen molar-refractivity contribution < 1.29 is 14.3 Å². The number of halogens is 1. The summed E-state index contributed by atoms with van der Waals surface area (Å²) in [6.07, 6.45) is 1.44. The molecule has 1 amide bonds. The molecule has 0 radical (unpaired) electrons. The van der Waals surface area contributed by atoms with E-state index in [1.807, 2.05) is 48.2 Å². The highest BCUT2D eigenvalue weighted by Gasteiger charge is 2.28. The minimum Gasteiger partial charge on any atom is -0.497 e. The Morgan fingerprint density at radius 1 is 1.14 bits per heavy atom. The molecule has 1 saturated heterocycles. The van der Waals surface area contributed by atoms with Gasteiger partial charge in [0.2, 0.25) is 5.91 Å². The summed E-state index contributed by atoms with van der Waals surface area (Å²) in [4.78, 5) is 28.3. The van der Waals surface area contributed by atoms with Crippen LogP contribution in [0.5, 0.6) is 5.75 Å². The van der Waals surface area contributed by atoms with E-state index in [4.69, 9.17) is 4.74 Å². The third-order valence-electron chi connectivity index (χ3n) is 5.08. The van der Waals surface area contributed by atoms with Gasteiger partial charge in [0.25, 0.3) is 0 Å². The van der Waals surface area contributed by atoms with E-state index in [2.05, 4.69) is 22.0 Å². The Morgan fingerprint density at radius 3 is 2.43 bits per heavy atom. The van der Waals surface area contributed by atoms with Crippen LogP contribution in [0.4, 0.5) is 0 Å². The van der Waals surface area contributed by atoms with Gasteiger partial charge < -0.3 is 9.64 Å². The molecule has 0 unspecified atom stereocenters. The number of methoxy groups -OCH3 is 1. The van der Waals surface area contributed by atoms with Crippen LogP contribution < -0.4 is 4.74 Å². The summed E-state index contributed by atoms with van der Waals surface area (Å²) in [5, 5.41) is 0. The van der Waals surface area contributed by atoms with Crippen molar-refractivity contribution in [2.45, 2.75) is 24.7 Å². The molecule has 1 heterocycles. The van der Waals surface area contributed by atoms with Crippen molar-refractivity contribution in [3.8, 4) is 5.75 Å². The molecule has 0 aliphatic carbocycles. The number of Topliss-reactive ketones (excluding diaryl/α,β-unsaturated/α-hetero) is 1. The van der Waals surface area contributed by atoms with Crippen LogP contribution in [0.25, 0.3) is 0 Å². The Hall–Kier alpha value is -1.79. The van der Waals surface area contributed by atoms with E-state index in [1.54, 1.807) is 18.9 Å². The molecule has 0 atom stereocenters. The van der Waals surface area contributed by atoms with Crippen LogP contribution in [0.1, 0.15) is 28.8 Å². The van der Waals surface area contributed by atoms with Crippen molar-refractivity contribution in [3.63, 3.8) is 0 Å². The number of carbonyl (C=O) groups excluding carboxylic acids is 2. The summed E-state index contributed by atoms with van der Waals surface area (Å²) in [6.45, 7) is 3.34. The molecule has 1 aliphatic rings. The molecule has 2 aromatic carbocycles. The molecule has 3 rings (SSSR count). The van der Waals surface area contributed by atoms with Crippen molar-refractivity contribution in [2.24, 2.45) is 5.92 Å². The molecule has 0 N–H and O–H groups in total. The summed E-state index contributed by atoms with van der Waals surface area (Å²) in [6, 6.07) is 13.3.